The molecule has 0 saturated heterocycles. The number of nitrogens with one attached hydrogen (secondary N) is 2. The molecular formula is C28H41N5O7S. The van der Waals surface area contributed by atoms with Gasteiger partial charge >= 0.3 is 6.03 Å². The lowest BCUT2D eigenvalue weighted by Crippen LogP contribution is -2.50. The highest BCUT2D eigenvalue weighted by Gasteiger charge is 2.37. The van der Waals surface area contributed by atoms with Crippen molar-refractivity contribution >= 4 is 27.6 Å². The number of aliphatic hydroxyl groups is 1. The zero-order valence-electron chi connectivity index (χ0n) is 24.3. The third kappa shape index (κ3) is 6.68. The number of hydrogen-bond donors (Lipinski definition) is 3. The molecule has 0 bridgehead atoms. The summed E-state index contributed by atoms with van der Waals surface area (Å²) >= 11 is 0. The van der Waals surface area contributed by atoms with E-state index in [1.807, 2.05) is 6.92 Å². The van der Waals surface area contributed by atoms with Gasteiger partial charge in [-0.2, -0.15) is 4.31 Å². The number of carbonyl (C=O) groups is 2. The van der Waals surface area contributed by atoms with Gasteiger partial charge in [-0.1, -0.05) is 37.4 Å². The minimum absolute atomic E-state index is 0.00587. The van der Waals surface area contributed by atoms with E-state index in [1.54, 1.807) is 43.9 Å². The number of likely N-dealkylation sites (N-methyl/N-ethyl adjacent to an activating group) is 1. The number of benzene rings is 1. The van der Waals surface area contributed by atoms with Crippen LogP contribution in [0.4, 0.5) is 10.5 Å². The summed E-state index contributed by atoms with van der Waals surface area (Å²) in [6.45, 7) is 6.65. The number of fused-ring (bicyclic) bond motifs is 1. The maximum Gasteiger partial charge on any atom is 0.319 e. The lowest BCUT2D eigenvalue weighted by Gasteiger charge is -2.38. The first-order valence-corrected chi connectivity index (χ1v) is 15.6. The van der Waals surface area contributed by atoms with Gasteiger partial charge in [0, 0.05) is 25.6 Å². The molecule has 2 aromatic rings. The van der Waals surface area contributed by atoms with Crippen LogP contribution in [0.5, 0.6) is 5.75 Å². The van der Waals surface area contributed by atoms with Crippen molar-refractivity contribution in [3.8, 4) is 5.75 Å². The second kappa shape index (κ2) is 12.8. The molecule has 0 unspecified atom stereocenters. The summed E-state index contributed by atoms with van der Waals surface area (Å²) in [5, 5.41) is 19.6. The molecule has 41 heavy (non-hydrogen) atoms. The maximum atomic E-state index is 13.7. The number of aryl methyl sites for hydroxylation is 2. The number of aliphatic hydroxyl groups excluding tert-OH is 1. The van der Waals surface area contributed by atoms with E-state index in [9.17, 15) is 23.1 Å². The Labute approximate surface area is 241 Å². The Hall–Kier alpha value is -3.16. The van der Waals surface area contributed by atoms with Crippen LogP contribution in [0.1, 0.15) is 67.8 Å². The molecule has 1 aliphatic carbocycles. The monoisotopic (exact) mass is 591 g/mol. The van der Waals surface area contributed by atoms with Gasteiger partial charge in [0.1, 0.15) is 16.7 Å². The van der Waals surface area contributed by atoms with Crippen molar-refractivity contribution in [3.63, 3.8) is 0 Å². The number of sulfonamides is 1. The third-order valence-electron chi connectivity index (χ3n) is 7.95. The number of amides is 3. The number of para-hydroxylation sites is 1. The van der Waals surface area contributed by atoms with Gasteiger partial charge in [-0.05, 0) is 45.7 Å². The summed E-state index contributed by atoms with van der Waals surface area (Å²) in [5.41, 5.74) is 0.778. The summed E-state index contributed by atoms with van der Waals surface area (Å²) in [7, 11) is -2.52. The quantitative estimate of drug-likeness (QED) is 0.423. The van der Waals surface area contributed by atoms with Crippen LogP contribution < -0.4 is 15.4 Å². The SMILES string of the molecule is Cc1noc(C)c1S(=O)(=O)N(C)C[C@H]1Oc2c(NC(=O)NC3CCCCC3)cccc2C(=O)N([C@H](C)CO)C[C@@H]1C. The van der Waals surface area contributed by atoms with Gasteiger partial charge in [-0.3, -0.25) is 4.79 Å². The number of hydrogen-bond acceptors (Lipinski definition) is 8. The van der Waals surface area contributed by atoms with Gasteiger partial charge < -0.3 is 29.9 Å². The Balaban J connectivity index is 1.67. The highest BCUT2D eigenvalue weighted by molar-refractivity contribution is 7.89. The van der Waals surface area contributed by atoms with E-state index >= 15 is 0 Å². The largest absolute Gasteiger partial charge is 0.486 e. The van der Waals surface area contributed by atoms with E-state index in [1.165, 1.54) is 11.4 Å². The molecule has 1 fully saturated rings. The number of urea groups is 1. The van der Waals surface area contributed by atoms with Crippen molar-refractivity contribution in [3.05, 3.63) is 35.2 Å². The van der Waals surface area contributed by atoms with E-state index in [0.29, 0.717) is 5.69 Å². The Morgan fingerprint density at radius 1 is 1.24 bits per heavy atom. The first kappa shape index (κ1) is 30.8. The fourth-order valence-corrected chi connectivity index (χ4v) is 6.97. The highest BCUT2D eigenvalue weighted by atomic mass is 32.2. The van der Waals surface area contributed by atoms with E-state index in [0.717, 1.165) is 32.1 Å². The highest BCUT2D eigenvalue weighted by Crippen LogP contribution is 2.35. The third-order valence-corrected chi connectivity index (χ3v) is 10.0. The molecule has 1 aromatic heterocycles. The molecule has 1 saturated carbocycles. The molecule has 3 atom stereocenters. The molecule has 2 aliphatic rings. The van der Waals surface area contributed by atoms with Gasteiger partial charge in [0.2, 0.25) is 10.0 Å². The van der Waals surface area contributed by atoms with E-state index in [2.05, 4.69) is 15.8 Å². The Bertz CT molecular complexity index is 1340. The van der Waals surface area contributed by atoms with Crippen LogP contribution in [-0.4, -0.2) is 84.8 Å². The van der Waals surface area contributed by atoms with Gasteiger partial charge in [0.25, 0.3) is 5.91 Å². The van der Waals surface area contributed by atoms with Crippen molar-refractivity contribution in [1.29, 1.82) is 0 Å². The summed E-state index contributed by atoms with van der Waals surface area (Å²) in [6, 6.07) is 4.11. The number of carbonyl (C=O) groups excluding carboxylic acids is 2. The second-order valence-corrected chi connectivity index (χ2v) is 13.2. The van der Waals surface area contributed by atoms with Crippen LogP contribution in [0.3, 0.4) is 0 Å². The lowest BCUT2D eigenvalue weighted by atomic mass is 9.96. The molecular weight excluding hydrogens is 550 g/mol. The molecule has 0 spiro atoms. The van der Waals surface area contributed by atoms with E-state index < -0.39 is 28.2 Å². The molecule has 3 amide bonds. The zero-order valence-corrected chi connectivity index (χ0v) is 25.2. The predicted octanol–water partition coefficient (Wildman–Crippen LogP) is 3.29. The molecule has 1 aliphatic heterocycles. The number of aromatic nitrogens is 1. The van der Waals surface area contributed by atoms with Crippen molar-refractivity contribution in [2.24, 2.45) is 5.92 Å². The number of rotatable bonds is 8. The average Bonchev–Trinajstić information content (AvgIpc) is 3.29. The van der Waals surface area contributed by atoms with Crippen LogP contribution >= 0.6 is 0 Å². The predicted molar refractivity (Wildman–Crippen MR) is 152 cm³/mol. The lowest BCUT2D eigenvalue weighted by molar-refractivity contribution is 0.0389. The fourth-order valence-electron chi connectivity index (χ4n) is 5.50. The van der Waals surface area contributed by atoms with Crippen LogP contribution in [0.25, 0.3) is 0 Å². The molecule has 13 heteroatoms. The topological polar surface area (TPSA) is 154 Å². The molecule has 0 radical (unpaired) electrons. The minimum Gasteiger partial charge on any atom is -0.486 e. The van der Waals surface area contributed by atoms with E-state index in [-0.39, 0.29) is 65.2 Å². The van der Waals surface area contributed by atoms with Crippen molar-refractivity contribution in [2.75, 3.05) is 32.1 Å². The van der Waals surface area contributed by atoms with E-state index in [4.69, 9.17) is 9.26 Å². The van der Waals surface area contributed by atoms with Gasteiger partial charge in [-0.15, -0.1) is 0 Å². The zero-order chi connectivity index (χ0) is 29.9. The fraction of sp³-hybridized carbons (Fsp3) is 0.607. The molecule has 2 heterocycles. The Morgan fingerprint density at radius 3 is 2.59 bits per heavy atom. The van der Waals surface area contributed by atoms with Crippen molar-refractivity contribution < 1.29 is 32.4 Å². The standard InChI is InChI=1S/C28H41N5O7S/c1-17-14-33(18(2)16-34)27(35)22-12-9-13-23(30-28(36)29-21-10-7-6-8-11-21)25(22)39-24(17)15-32(5)41(37,38)26-19(3)31-40-20(26)4/h9,12-13,17-18,21,24,34H,6-8,10-11,14-16H2,1-5H3,(H2,29,30,36)/t17-,18+,24+/m0/s1. The van der Waals surface area contributed by atoms with Gasteiger partial charge in [0.15, 0.2) is 11.5 Å². The van der Waals surface area contributed by atoms with Crippen LogP contribution in [0.15, 0.2) is 27.6 Å². The Morgan fingerprint density at radius 2 is 1.95 bits per heavy atom. The molecule has 3 N–H and O–H groups in total. The molecule has 4 rings (SSSR count). The minimum atomic E-state index is -3.97. The van der Waals surface area contributed by atoms with Crippen LogP contribution in [0.2, 0.25) is 0 Å². The first-order chi connectivity index (χ1) is 19.4. The summed E-state index contributed by atoms with van der Waals surface area (Å²) in [4.78, 5) is 28.2. The molecule has 12 nitrogen and oxygen atoms in total. The van der Waals surface area contributed by atoms with Gasteiger partial charge in [-0.25, -0.2) is 13.2 Å². The van der Waals surface area contributed by atoms with Crippen LogP contribution in [-0.2, 0) is 10.0 Å². The molecule has 226 valence electrons. The smallest absolute Gasteiger partial charge is 0.319 e. The average molecular weight is 592 g/mol. The molecule has 1 aromatic carbocycles. The van der Waals surface area contributed by atoms with Crippen molar-refractivity contribution in [2.45, 2.75) is 82.9 Å². The first-order valence-electron chi connectivity index (χ1n) is 14.1. The number of ether oxygens (including phenoxy) is 1. The second-order valence-electron chi connectivity index (χ2n) is 11.2. The van der Waals surface area contributed by atoms with Crippen LogP contribution in [0, 0.1) is 19.8 Å². The summed E-state index contributed by atoms with van der Waals surface area (Å²) < 4.78 is 39.7. The van der Waals surface area contributed by atoms with Crippen molar-refractivity contribution in [1.82, 2.24) is 19.7 Å². The summed E-state index contributed by atoms with van der Waals surface area (Å²) in [6.07, 6.45) is 4.40. The Kier molecular flexibility index (Phi) is 9.60. The summed E-state index contributed by atoms with van der Waals surface area (Å²) in [5.74, 6) is -0.339. The normalized spacial score (nSPS) is 21.0. The number of anilines is 1. The number of nitrogens with zero attached hydrogens (tertiary/aromatic N) is 3. The van der Waals surface area contributed by atoms with Gasteiger partial charge in [0.05, 0.1) is 30.4 Å². The maximum absolute atomic E-state index is 13.7.